The Morgan fingerprint density at radius 2 is 2.09 bits per heavy atom. The van der Waals surface area contributed by atoms with Crippen molar-refractivity contribution >= 4 is 16.7 Å². The van der Waals surface area contributed by atoms with Crippen LogP contribution >= 0.6 is 0 Å². The van der Waals surface area contributed by atoms with Gasteiger partial charge in [-0.2, -0.15) is 14.6 Å². The van der Waals surface area contributed by atoms with E-state index < -0.39 is 0 Å². The highest BCUT2D eigenvalue weighted by Crippen LogP contribution is 2.25. The molecule has 0 amide bonds. The molecule has 0 spiro atoms. The van der Waals surface area contributed by atoms with Crippen molar-refractivity contribution in [3.8, 4) is 11.6 Å². The van der Waals surface area contributed by atoms with Crippen LogP contribution in [0.4, 0.5) is 0 Å². The van der Waals surface area contributed by atoms with Crippen molar-refractivity contribution in [2.75, 3.05) is 0 Å². The van der Waals surface area contributed by atoms with E-state index in [2.05, 4.69) is 20.1 Å². The molecule has 0 radical (unpaired) electrons. The molecular formula is C16H13N5O. The van der Waals surface area contributed by atoms with Gasteiger partial charge in [0.1, 0.15) is 12.1 Å². The van der Waals surface area contributed by atoms with Gasteiger partial charge >= 0.3 is 0 Å². The molecule has 0 saturated heterocycles. The molecule has 0 aliphatic carbocycles. The van der Waals surface area contributed by atoms with Gasteiger partial charge in [0.05, 0.1) is 5.52 Å². The smallest absolute Gasteiger partial charge is 0.255 e. The predicted molar refractivity (Wildman–Crippen MR) is 82.0 cm³/mol. The van der Waals surface area contributed by atoms with Crippen LogP contribution in [0.15, 0.2) is 48.9 Å². The zero-order chi connectivity index (χ0) is 14.9. The Kier molecular flexibility index (Phi) is 2.93. The van der Waals surface area contributed by atoms with E-state index in [4.69, 9.17) is 4.74 Å². The first-order chi connectivity index (χ1) is 10.8. The molecule has 1 aromatic carbocycles. The Bertz CT molecular complexity index is 963. The summed E-state index contributed by atoms with van der Waals surface area (Å²) in [6.45, 7) is 2.04. The molecule has 6 heteroatoms. The molecule has 6 nitrogen and oxygen atoms in total. The van der Waals surface area contributed by atoms with Crippen molar-refractivity contribution < 1.29 is 4.74 Å². The first-order valence-corrected chi connectivity index (χ1v) is 7.06. The first kappa shape index (κ1) is 12.7. The Hall–Kier alpha value is -3.02. The van der Waals surface area contributed by atoms with Crippen LogP contribution in [-0.2, 0) is 6.42 Å². The van der Waals surface area contributed by atoms with E-state index in [9.17, 15) is 0 Å². The first-order valence-electron chi connectivity index (χ1n) is 7.06. The SMILES string of the molecule is CCc1cc(Oc2ccc3ncccc3c2)n2ncnc2n1. The molecule has 0 aliphatic heterocycles. The predicted octanol–water partition coefficient (Wildman–Crippen LogP) is 3.03. The highest BCUT2D eigenvalue weighted by Gasteiger charge is 2.09. The minimum Gasteiger partial charge on any atom is -0.439 e. The van der Waals surface area contributed by atoms with Crippen LogP contribution in [-0.4, -0.2) is 24.6 Å². The van der Waals surface area contributed by atoms with E-state index in [0.29, 0.717) is 11.7 Å². The van der Waals surface area contributed by atoms with Crippen molar-refractivity contribution in [2.24, 2.45) is 0 Å². The number of aromatic nitrogens is 5. The number of hydrogen-bond donors (Lipinski definition) is 0. The molecule has 0 aliphatic rings. The van der Waals surface area contributed by atoms with Gasteiger partial charge in [0.2, 0.25) is 5.88 Å². The maximum absolute atomic E-state index is 5.99. The quantitative estimate of drug-likeness (QED) is 0.580. The van der Waals surface area contributed by atoms with Gasteiger partial charge in [-0.05, 0) is 30.7 Å². The van der Waals surface area contributed by atoms with Crippen molar-refractivity contribution in [3.05, 3.63) is 54.6 Å². The third-order valence-electron chi connectivity index (χ3n) is 3.43. The van der Waals surface area contributed by atoms with Crippen LogP contribution in [0.5, 0.6) is 11.6 Å². The summed E-state index contributed by atoms with van der Waals surface area (Å²) in [4.78, 5) is 12.8. The van der Waals surface area contributed by atoms with Crippen LogP contribution in [0.2, 0.25) is 0 Å². The molecule has 0 saturated carbocycles. The summed E-state index contributed by atoms with van der Waals surface area (Å²) in [7, 11) is 0. The summed E-state index contributed by atoms with van der Waals surface area (Å²) in [5, 5.41) is 5.19. The minimum atomic E-state index is 0.539. The van der Waals surface area contributed by atoms with Crippen LogP contribution in [0.25, 0.3) is 16.7 Å². The van der Waals surface area contributed by atoms with E-state index in [-0.39, 0.29) is 0 Å². The van der Waals surface area contributed by atoms with E-state index in [1.165, 1.54) is 6.33 Å². The molecule has 0 N–H and O–H groups in total. The summed E-state index contributed by atoms with van der Waals surface area (Å²) < 4.78 is 7.58. The average molecular weight is 291 g/mol. The van der Waals surface area contributed by atoms with Gasteiger partial charge in [-0.25, -0.2) is 4.98 Å². The molecule has 0 unspecified atom stereocenters. The second kappa shape index (κ2) is 5.07. The monoisotopic (exact) mass is 291 g/mol. The lowest BCUT2D eigenvalue weighted by molar-refractivity contribution is 0.445. The van der Waals surface area contributed by atoms with Gasteiger partial charge in [-0.1, -0.05) is 13.0 Å². The Morgan fingerprint density at radius 1 is 1.14 bits per heavy atom. The zero-order valence-electron chi connectivity index (χ0n) is 12.0. The van der Waals surface area contributed by atoms with Gasteiger partial charge in [0.15, 0.2) is 0 Å². The van der Waals surface area contributed by atoms with Crippen molar-refractivity contribution in [1.82, 2.24) is 24.6 Å². The fourth-order valence-electron chi connectivity index (χ4n) is 2.32. The zero-order valence-corrected chi connectivity index (χ0v) is 12.0. The van der Waals surface area contributed by atoms with Crippen molar-refractivity contribution in [1.29, 1.82) is 0 Å². The Morgan fingerprint density at radius 3 is 3.00 bits per heavy atom. The Labute approximate surface area is 126 Å². The molecule has 4 aromatic rings. The summed E-state index contributed by atoms with van der Waals surface area (Å²) >= 11 is 0. The molecule has 0 fully saturated rings. The molecule has 0 atom stereocenters. The molecule has 0 bridgehead atoms. The number of aryl methyl sites for hydroxylation is 1. The maximum atomic E-state index is 5.99. The minimum absolute atomic E-state index is 0.539. The number of rotatable bonds is 3. The Balaban J connectivity index is 1.79. The average Bonchev–Trinajstić information content (AvgIpc) is 3.03. The molecule has 4 rings (SSSR count). The lowest BCUT2D eigenvalue weighted by Gasteiger charge is -2.09. The summed E-state index contributed by atoms with van der Waals surface area (Å²) in [5.74, 6) is 1.87. The fourth-order valence-corrected chi connectivity index (χ4v) is 2.32. The number of pyridine rings is 1. The van der Waals surface area contributed by atoms with Gasteiger partial charge in [0, 0.05) is 23.3 Å². The molecule has 108 valence electrons. The van der Waals surface area contributed by atoms with Crippen molar-refractivity contribution in [2.45, 2.75) is 13.3 Å². The van der Waals surface area contributed by atoms with Crippen LogP contribution in [0.1, 0.15) is 12.6 Å². The highest BCUT2D eigenvalue weighted by molar-refractivity contribution is 5.79. The number of ether oxygens (including phenoxy) is 1. The lowest BCUT2D eigenvalue weighted by atomic mass is 10.2. The number of hydrogen-bond acceptors (Lipinski definition) is 5. The largest absolute Gasteiger partial charge is 0.439 e. The van der Waals surface area contributed by atoms with Crippen LogP contribution < -0.4 is 4.74 Å². The van der Waals surface area contributed by atoms with E-state index in [1.807, 2.05) is 43.3 Å². The fraction of sp³-hybridized carbons (Fsp3) is 0.125. The van der Waals surface area contributed by atoms with Gasteiger partial charge in [-0.3, -0.25) is 4.98 Å². The van der Waals surface area contributed by atoms with Crippen LogP contribution in [0.3, 0.4) is 0 Å². The topological polar surface area (TPSA) is 65.2 Å². The lowest BCUT2D eigenvalue weighted by Crippen LogP contribution is -2.00. The third-order valence-corrected chi connectivity index (χ3v) is 3.43. The van der Waals surface area contributed by atoms with Gasteiger partial charge in [0.25, 0.3) is 5.78 Å². The van der Waals surface area contributed by atoms with Crippen molar-refractivity contribution in [3.63, 3.8) is 0 Å². The highest BCUT2D eigenvalue weighted by atomic mass is 16.5. The van der Waals surface area contributed by atoms with E-state index in [1.54, 1.807) is 10.7 Å². The summed E-state index contributed by atoms with van der Waals surface area (Å²) in [6.07, 6.45) is 4.05. The third kappa shape index (κ3) is 2.14. The normalized spacial score (nSPS) is 11.1. The van der Waals surface area contributed by atoms with E-state index in [0.717, 1.165) is 28.8 Å². The number of fused-ring (bicyclic) bond motifs is 2. The summed E-state index contributed by atoms with van der Waals surface area (Å²) in [5.41, 5.74) is 1.85. The molecule has 22 heavy (non-hydrogen) atoms. The van der Waals surface area contributed by atoms with Crippen LogP contribution in [0, 0.1) is 0 Å². The van der Waals surface area contributed by atoms with Gasteiger partial charge in [-0.15, -0.1) is 0 Å². The van der Waals surface area contributed by atoms with E-state index >= 15 is 0 Å². The number of nitrogens with zero attached hydrogens (tertiary/aromatic N) is 5. The second-order valence-corrected chi connectivity index (χ2v) is 4.87. The summed E-state index contributed by atoms with van der Waals surface area (Å²) in [6, 6.07) is 11.6. The number of benzene rings is 1. The standard InChI is InChI=1S/C16H13N5O/c1-2-12-9-15(21-16(20-12)18-10-19-21)22-13-5-6-14-11(8-13)4-3-7-17-14/h3-10H,2H2,1H3. The maximum Gasteiger partial charge on any atom is 0.255 e. The molecular weight excluding hydrogens is 278 g/mol. The molecule has 3 heterocycles. The second-order valence-electron chi connectivity index (χ2n) is 4.87. The molecule has 3 aromatic heterocycles. The van der Waals surface area contributed by atoms with Gasteiger partial charge < -0.3 is 4.74 Å².